The first-order valence-electron chi connectivity index (χ1n) is 8.64. The lowest BCUT2D eigenvalue weighted by Gasteiger charge is -2.22. The quantitative estimate of drug-likeness (QED) is 0.913. The number of rotatable bonds is 4. The lowest BCUT2D eigenvalue weighted by Crippen LogP contribution is -2.31. The summed E-state index contributed by atoms with van der Waals surface area (Å²) in [6, 6.07) is 7.60. The number of hydrogen-bond acceptors (Lipinski definition) is 5. The van der Waals surface area contributed by atoms with Gasteiger partial charge in [0.1, 0.15) is 5.01 Å². The molecule has 0 radical (unpaired) electrons. The van der Waals surface area contributed by atoms with E-state index in [0.29, 0.717) is 5.01 Å². The number of likely N-dealkylation sites (tertiary alicyclic amines) is 1. The third kappa shape index (κ3) is 3.42. The molecule has 1 N–H and O–H groups in total. The SMILES string of the molecule is Cc1ccc(NC(=O)c2nnc([C@H]3CCCN3C(=O)C3CC3)s2)cc1. The molecule has 2 aromatic rings. The Labute approximate surface area is 150 Å². The van der Waals surface area contributed by atoms with Gasteiger partial charge in [0.05, 0.1) is 6.04 Å². The third-order valence-electron chi connectivity index (χ3n) is 4.69. The van der Waals surface area contributed by atoms with Crippen LogP contribution >= 0.6 is 11.3 Å². The van der Waals surface area contributed by atoms with E-state index in [0.717, 1.165) is 48.5 Å². The van der Waals surface area contributed by atoms with Crippen molar-refractivity contribution < 1.29 is 9.59 Å². The number of benzene rings is 1. The van der Waals surface area contributed by atoms with Gasteiger partial charge in [0, 0.05) is 18.2 Å². The lowest BCUT2D eigenvalue weighted by atomic mass is 10.2. The Balaban J connectivity index is 1.46. The van der Waals surface area contributed by atoms with Crippen LogP contribution in [-0.2, 0) is 4.79 Å². The fraction of sp³-hybridized carbons (Fsp3) is 0.444. The molecule has 1 atom stereocenters. The smallest absolute Gasteiger partial charge is 0.286 e. The van der Waals surface area contributed by atoms with Crippen molar-refractivity contribution in [2.45, 2.75) is 38.6 Å². The monoisotopic (exact) mass is 356 g/mol. The van der Waals surface area contributed by atoms with Gasteiger partial charge >= 0.3 is 0 Å². The molecule has 1 aromatic carbocycles. The maximum Gasteiger partial charge on any atom is 0.286 e. The Bertz CT molecular complexity index is 798. The zero-order valence-corrected chi connectivity index (χ0v) is 14.9. The van der Waals surface area contributed by atoms with Crippen molar-refractivity contribution in [2.75, 3.05) is 11.9 Å². The second-order valence-corrected chi connectivity index (χ2v) is 7.74. The van der Waals surface area contributed by atoms with E-state index in [2.05, 4.69) is 15.5 Å². The fourth-order valence-electron chi connectivity index (χ4n) is 3.13. The first-order valence-corrected chi connectivity index (χ1v) is 9.45. The maximum absolute atomic E-state index is 12.4. The molecule has 2 heterocycles. The normalized spacial score (nSPS) is 19.9. The van der Waals surface area contributed by atoms with Crippen LogP contribution in [0, 0.1) is 12.8 Å². The second kappa shape index (κ2) is 6.55. The van der Waals surface area contributed by atoms with Gasteiger partial charge in [-0.15, -0.1) is 10.2 Å². The van der Waals surface area contributed by atoms with E-state index in [1.807, 2.05) is 36.1 Å². The number of nitrogens with zero attached hydrogens (tertiary/aromatic N) is 3. The third-order valence-corrected chi connectivity index (χ3v) is 5.72. The van der Waals surface area contributed by atoms with Crippen molar-refractivity contribution in [1.82, 2.24) is 15.1 Å². The number of nitrogens with one attached hydrogen (secondary N) is 1. The van der Waals surface area contributed by atoms with Gasteiger partial charge in [-0.05, 0) is 44.7 Å². The van der Waals surface area contributed by atoms with Crippen LogP contribution in [0.3, 0.4) is 0 Å². The summed E-state index contributed by atoms with van der Waals surface area (Å²) in [6.07, 6.45) is 3.88. The molecule has 1 aliphatic heterocycles. The largest absolute Gasteiger partial charge is 0.333 e. The van der Waals surface area contributed by atoms with Crippen molar-refractivity contribution >= 4 is 28.8 Å². The van der Waals surface area contributed by atoms with Gasteiger partial charge in [0.25, 0.3) is 5.91 Å². The minimum Gasteiger partial charge on any atom is -0.333 e. The van der Waals surface area contributed by atoms with Gasteiger partial charge in [-0.25, -0.2) is 0 Å². The number of aryl methyl sites for hydroxylation is 1. The summed E-state index contributed by atoms with van der Waals surface area (Å²) in [7, 11) is 0. The van der Waals surface area contributed by atoms with Gasteiger partial charge in [-0.3, -0.25) is 9.59 Å². The Morgan fingerprint density at radius 1 is 1.16 bits per heavy atom. The van der Waals surface area contributed by atoms with Crippen LogP contribution in [-0.4, -0.2) is 33.5 Å². The molecule has 1 aromatic heterocycles. The second-order valence-electron chi connectivity index (χ2n) is 6.73. The molecule has 0 spiro atoms. The number of carbonyl (C=O) groups excluding carboxylic acids is 2. The minimum atomic E-state index is -0.259. The lowest BCUT2D eigenvalue weighted by molar-refractivity contribution is -0.133. The summed E-state index contributed by atoms with van der Waals surface area (Å²) < 4.78 is 0. The fourth-order valence-corrected chi connectivity index (χ4v) is 4.02. The van der Waals surface area contributed by atoms with E-state index in [9.17, 15) is 9.59 Å². The van der Waals surface area contributed by atoms with Crippen molar-refractivity contribution in [3.05, 3.63) is 39.8 Å². The van der Waals surface area contributed by atoms with Crippen LogP contribution in [0.25, 0.3) is 0 Å². The highest BCUT2D eigenvalue weighted by atomic mass is 32.1. The topological polar surface area (TPSA) is 75.2 Å². The van der Waals surface area contributed by atoms with Crippen LogP contribution in [0.5, 0.6) is 0 Å². The molecule has 2 fully saturated rings. The first kappa shape index (κ1) is 16.2. The highest BCUT2D eigenvalue weighted by molar-refractivity contribution is 7.13. The molecule has 2 aliphatic rings. The predicted octanol–water partition coefficient (Wildman–Crippen LogP) is 3.17. The van der Waals surface area contributed by atoms with E-state index in [4.69, 9.17) is 0 Å². The molecular formula is C18H20N4O2S. The average molecular weight is 356 g/mol. The predicted molar refractivity (Wildman–Crippen MR) is 95.5 cm³/mol. The van der Waals surface area contributed by atoms with Crippen molar-refractivity contribution in [1.29, 1.82) is 0 Å². The number of anilines is 1. The Kier molecular flexibility index (Phi) is 4.25. The molecule has 2 amide bonds. The van der Waals surface area contributed by atoms with Crippen LogP contribution < -0.4 is 5.32 Å². The van der Waals surface area contributed by atoms with Gasteiger partial charge in [0.2, 0.25) is 10.9 Å². The number of hydrogen-bond donors (Lipinski definition) is 1. The standard InChI is InChI=1S/C18H20N4O2S/c1-11-4-8-13(9-5-11)19-15(23)17-21-20-16(25-17)14-3-2-10-22(14)18(24)12-6-7-12/h4-5,8-9,12,14H,2-3,6-7,10H2,1H3,(H,19,23)/t14-/m1/s1. The molecule has 7 heteroatoms. The molecule has 4 rings (SSSR count). The van der Waals surface area contributed by atoms with E-state index < -0.39 is 0 Å². The number of amides is 2. The molecule has 1 aliphatic carbocycles. The zero-order valence-electron chi connectivity index (χ0n) is 14.1. The molecule has 1 saturated carbocycles. The summed E-state index contributed by atoms with van der Waals surface area (Å²) in [4.78, 5) is 26.7. The molecular weight excluding hydrogens is 336 g/mol. The average Bonchev–Trinajstić information content (AvgIpc) is 3.14. The summed E-state index contributed by atoms with van der Waals surface area (Å²) in [5, 5.41) is 12.2. The molecule has 0 unspecified atom stereocenters. The van der Waals surface area contributed by atoms with Gasteiger partial charge < -0.3 is 10.2 Å². The van der Waals surface area contributed by atoms with Crippen LogP contribution in [0.1, 0.15) is 52.1 Å². The van der Waals surface area contributed by atoms with Crippen LogP contribution in [0.2, 0.25) is 0 Å². The Morgan fingerprint density at radius 3 is 2.64 bits per heavy atom. The van der Waals surface area contributed by atoms with E-state index in [1.54, 1.807) is 0 Å². The molecule has 0 bridgehead atoms. The number of carbonyl (C=O) groups is 2. The molecule has 6 nitrogen and oxygen atoms in total. The maximum atomic E-state index is 12.4. The summed E-state index contributed by atoms with van der Waals surface area (Å²) in [5.41, 5.74) is 1.87. The van der Waals surface area contributed by atoms with E-state index in [-0.39, 0.29) is 23.8 Å². The Hall–Kier alpha value is -2.28. The van der Waals surface area contributed by atoms with Crippen molar-refractivity contribution in [3.8, 4) is 0 Å². The minimum absolute atomic E-state index is 0.0217. The Morgan fingerprint density at radius 2 is 1.92 bits per heavy atom. The number of aromatic nitrogens is 2. The van der Waals surface area contributed by atoms with E-state index in [1.165, 1.54) is 11.3 Å². The van der Waals surface area contributed by atoms with Gasteiger partial charge in [-0.2, -0.15) is 0 Å². The molecule has 1 saturated heterocycles. The molecule has 130 valence electrons. The van der Waals surface area contributed by atoms with Gasteiger partial charge in [-0.1, -0.05) is 29.0 Å². The summed E-state index contributed by atoms with van der Waals surface area (Å²) in [5.74, 6) is 0.187. The van der Waals surface area contributed by atoms with Crippen LogP contribution in [0.15, 0.2) is 24.3 Å². The van der Waals surface area contributed by atoms with Gasteiger partial charge in [0.15, 0.2) is 0 Å². The van der Waals surface area contributed by atoms with Crippen LogP contribution in [0.4, 0.5) is 5.69 Å². The van der Waals surface area contributed by atoms with Crippen molar-refractivity contribution in [2.24, 2.45) is 5.92 Å². The highest BCUT2D eigenvalue weighted by Gasteiger charge is 2.40. The summed E-state index contributed by atoms with van der Waals surface area (Å²) in [6.45, 7) is 2.78. The zero-order chi connectivity index (χ0) is 17.4. The molecule has 25 heavy (non-hydrogen) atoms. The van der Waals surface area contributed by atoms with Crippen molar-refractivity contribution in [3.63, 3.8) is 0 Å². The van der Waals surface area contributed by atoms with E-state index >= 15 is 0 Å². The summed E-state index contributed by atoms with van der Waals surface area (Å²) >= 11 is 1.29. The highest BCUT2D eigenvalue weighted by Crippen LogP contribution is 2.39. The first-order chi connectivity index (χ1) is 12.1.